The number of carbonyl (C=O) groups excluding carboxylic acids is 1. The summed E-state index contributed by atoms with van der Waals surface area (Å²) in [7, 11) is -3.97. The number of hydrogen-bond donors (Lipinski definition) is 1. The first kappa shape index (κ1) is 25.2. The molecule has 184 valence electrons. The number of amides is 1. The van der Waals surface area contributed by atoms with Crippen molar-refractivity contribution in [3.05, 3.63) is 94.5 Å². The van der Waals surface area contributed by atoms with Gasteiger partial charge in [0, 0.05) is 18.1 Å². The summed E-state index contributed by atoms with van der Waals surface area (Å²) >= 11 is 5.94. The largest absolute Gasteiger partial charge is 0.350 e. The minimum absolute atomic E-state index is 0.0740. The topological polar surface area (TPSA) is 69.7 Å². The monoisotopic (exact) mass is 511 g/mol. The maximum absolute atomic E-state index is 13.4. The molecule has 1 fully saturated rings. The van der Waals surface area contributed by atoms with Crippen LogP contribution in [-0.4, -0.2) is 38.9 Å². The Morgan fingerprint density at radius 1 is 0.971 bits per heavy atom. The van der Waals surface area contributed by atoms with Crippen molar-refractivity contribution >= 4 is 33.2 Å². The van der Waals surface area contributed by atoms with E-state index in [1.807, 2.05) is 31.2 Å². The molecule has 1 aliphatic rings. The first-order valence-corrected chi connectivity index (χ1v) is 13.5. The molecule has 3 aromatic carbocycles. The van der Waals surface area contributed by atoms with Crippen LogP contribution in [0.3, 0.4) is 0 Å². The number of hydrogen-bond acceptors (Lipinski definition) is 4. The zero-order valence-electron chi connectivity index (χ0n) is 19.8. The third kappa shape index (κ3) is 6.63. The minimum atomic E-state index is -3.97. The Balaban J connectivity index is 1.47. The van der Waals surface area contributed by atoms with Gasteiger partial charge in [-0.25, -0.2) is 8.42 Å². The second-order valence-electron chi connectivity index (χ2n) is 8.88. The molecule has 0 spiro atoms. The summed E-state index contributed by atoms with van der Waals surface area (Å²) in [4.78, 5) is 15.4. The van der Waals surface area contributed by atoms with Crippen molar-refractivity contribution in [2.45, 2.75) is 37.8 Å². The van der Waals surface area contributed by atoms with Crippen LogP contribution in [0.5, 0.6) is 0 Å². The average molecular weight is 512 g/mol. The molecule has 1 amide bonds. The van der Waals surface area contributed by atoms with Gasteiger partial charge >= 0.3 is 0 Å². The number of carbonyl (C=O) groups is 1. The number of aryl methyl sites for hydroxylation is 1. The van der Waals surface area contributed by atoms with E-state index in [0.29, 0.717) is 17.3 Å². The van der Waals surface area contributed by atoms with E-state index in [-0.39, 0.29) is 17.3 Å². The summed E-state index contributed by atoms with van der Waals surface area (Å²) in [6.07, 6.45) is 2.48. The van der Waals surface area contributed by atoms with Gasteiger partial charge in [0.25, 0.3) is 10.0 Å². The predicted molar refractivity (Wildman–Crippen MR) is 140 cm³/mol. The fraction of sp³-hybridized carbons (Fsp3) is 0.296. The van der Waals surface area contributed by atoms with Gasteiger partial charge in [-0.05, 0) is 80.4 Å². The second-order valence-corrected chi connectivity index (χ2v) is 11.2. The maximum Gasteiger partial charge on any atom is 0.264 e. The van der Waals surface area contributed by atoms with Crippen molar-refractivity contribution < 1.29 is 13.2 Å². The van der Waals surface area contributed by atoms with Gasteiger partial charge in [-0.2, -0.15) is 0 Å². The number of nitrogens with zero attached hydrogens (tertiary/aromatic N) is 2. The fourth-order valence-electron chi connectivity index (χ4n) is 4.18. The van der Waals surface area contributed by atoms with E-state index < -0.39 is 10.0 Å². The van der Waals surface area contributed by atoms with Gasteiger partial charge in [0.05, 0.1) is 10.6 Å². The molecule has 35 heavy (non-hydrogen) atoms. The summed E-state index contributed by atoms with van der Waals surface area (Å²) < 4.78 is 28.0. The lowest BCUT2D eigenvalue weighted by atomic mass is 10.1. The summed E-state index contributed by atoms with van der Waals surface area (Å²) in [6, 6.07) is 21.2. The number of sulfonamides is 1. The van der Waals surface area contributed by atoms with Crippen LogP contribution >= 0.6 is 11.6 Å². The van der Waals surface area contributed by atoms with Gasteiger partial charge in [0.2, 0.25) is 5.91 Å². The zero-order chi connectivity index (χ0) is 24.8. The molecule has 0 radical (unpaired) electrons. The van der Waals surface area contributed by atoms with E-state index in [0.717, 1.165) is 35.1 Å². The molecule has 1 heterocycles. The highest BCUT2D eigenvalue weighted by Crippen LogP contribution is 2.25. The lowest BCUT2D eigenvalue weighted by molar-refractivity contribution is -0.119. The Kier molecular flexibility index (Phi) is 8.11. The fourth-order valence-corrected chi connectivity index (χ4v) is 5.73. The molecular formula is C27H30ClN3O3S. The molecule has 0 atom stereocenters. The molecule has 4 rings (SSSR count). The van der Waals surface area contributed by atoms with Crippen molar-refractivity contribution in [3.8, 4) is 0 Å². The molecule has 0 unspecified atom stereocenters. The van der Waals surface area contributed by atoms with Crippen molar-refractivity contribution in [1.82, 2.24) is 10.2 Å². The number of rotatable bonds is 9. The van der Waals surface area contributed by atoms with Crippen molar-refractivity contribution in [2.24, 2.45) is 0 Å². The molecular weight excluding hydrogens is 482 g/mol. The van der Waals surface area contributed by atoms with Gasteiger partial charge in [0.1, 0.15) is 6.54 Å². The van der Waals surface area contributed by atoms with Gasteiger partial charge < -0.3 is 5.32 Å². The normalized spacial score (nSPS) is 14.1. The quantitative estimate of drug-likeness (QED) is 0.450. The zero-order valence-corrected chi connectivity index (χ0v) is 21.4. The number of nitrogens with one attached hydrogen (secondary N) is 1. The Bertz CT molecular complexity index is 1260. The van der Waals surface area contributed by atoms with E-state index in [1.54, 1.807) is 12.1 Å². The van der Waals surface area contributed by atoms with E-state index in [1.165, 1.54) is 42.7 Å². The molecule has 0 saturated carbocycles. The van der Waals surface area contributed by atoms with Crippen LogP contribution in [0.25, 0.3) is 0 Å². The van der Waals surface area contributed by atoms with Crippen LogP contribution in [0, 0.1) is 6.92 Å². The van der Waals surface area contributed by atoms with Crippen LogP contribution in [0.2, 0.25) is 5.02 Å². The number of benzene rings is 3. The Morgan fingerprint density at radius 3 is 2.31 bits per heavy atom. The molecule has 1 saturated heterocycles. The summed E-state index contributed by atoms with van der Waals surface area (Å²) in [6.45, 7) is 5.07. The Labute approximate surface area is 212 Å². The summed E-state index contributed by atoms with van der Waals surface area (Å²) in [5, 5.41) is 3.32. The van der Waals surface area contributed by atoms with Crippen LogP contribution in [-0.2, 0) is 27.9 Å². The van der Waals surface area contributed by atoms with Crippen molar-refractivity contribution in [3.63, 3.8) is 0 Å². The molecule has 0 aromatic heterocycles. The van der Waals surface area contributed by atoms with Crippen LogP contribution in [0.4, 0.5) is 5.69 Å². The standard InChI is InChI=1S/C27H30ClN3O3S/c1-21-7-11-25(12-8-21)31(35(33,34)26-13-9-24(28)10-14-26)20-27(32)29-18-22-5-4-6-23(17-22)19-30-15-2-3-16-30/h4-14,17H,2-3,15-16,18-20H2,1H3,(H,29,32). The molecule has 3 aromatic rings. The highest BCUT2D eigenvalue weighted by atomic mass is 35.5. The molecule has 0 bridgehead atoms. The molecule has 1 aliphatic heterocycles. The number of likely N-dealkylation sites (tertiary alicyclic amines) is 1. The van der Waals surface area contributed by atoms with Crippen LogP contribution < -0.4 is 9.62 Å². The van der Waals surface area contributed by atoms with Gasteiger partial charge in [-0.3, -0.25) is 14.0 Å². The third-order valence-corrected chi connectivity index (χ3v) is 8.14. The number of anilines is 1. The van der Waals surface area contributed by atoms with Crippen LogP contribution in [0.15, 0.2) is 77.7 Å². The molecule has 6 nitrogen and oxygen atoms in total. The summed E-state index contributed by atoms with van der Waals surface area (Å²) in [5.41, 5.74) is 3.62. The summed E-state index contributed by atoms with van der Waals surface area (Å²) in [5.74, 6) is -0.381. The molecule has 1 N–H and O–H groups in total. The third-order valence-electron chi connectivity index (χ3n) is 6.10. The lowest BCUT2D eigenvalue weighted by Crippen LogP contribution is -2.40. The lowest BCUT2D eigenvalue weighted by Gasteiger charge is -2.24. The SMILES string of the molecule is Cc1ccc(N(CC(=O)NCc2cccc(CN3CCCC3)c2)S(=O)(=O)c2ccc(Cl)cc2)cc1. The van der Waals surface area contributed by atoms with Gasteiger partial charge in [-0.15, -0.1) is 0 Å². The highest BCUT2D eigenvalue weighted by Gasteiger charge is 2.27. The Morgan fingerprint density at radius 2 is 1.63 bits per heavy atom. The molecule has 8 heteroatoms. The van der Waals surface area contributed by atoms with E-state index in [4.69, 9.17) is 11.6 Å². The van der Waals surface area contributed by atoms with Crippen LogP contribution in [0.1, 0.15) is 29.5 Å². The highest BCUT2D eigenvalue weighted by molar-refractivity contribution is 7.92. The minimum Gasteiger partial charge on any atom is -0.350 e. The Hall–Kier alpha value is -2.87. The molecule has 0 aliphatic carbocycles. The maximum atomic E-state index is 13.4. The van der Waals surface area contributed by atoms with E-state index >= 15 is 0 Å². The van der Waals surface area contributed by atoms with E-state index in [9.17, 15) is 13.2 Å². The smallest absolute Gasteiger partial charge is 0.264 e. The van der Waals surface area contributed by atoms with E-state index in [2.05, 4.69) is 22.3 Å². The second kappa shape index (κ2) is 11.2. The first-order chi connectivity index (χ1) is 16.8. The first-order valence-electron chi connectivity index (χ1n) is 11.7. The van der Waals surface area contributed by atoms with Crippen molar-refractivity contribution in [2.75, 3.05) is 23.9 Å². The van der Waals surface area contributed by atoms with Gasteiger partial charge in [0.15, 0.2) is 0 Å². The number of halogens is 1. The predicted octanol–water partition coefficient (Wildman–Crippen LogP) is 4.76. The van der Waals surface area contributed by atoms with Gasteiger partial charge in [-0.1, -0.05) is 53.6 Å². The average Bonchev–Trinajstić information content (AvgIpc) is 3.35. The van der Waals surface area contributed by atoms with Crippen molar-refractivity contribution in [1.29, 1.82) is 0 Å².